The number of carbonyl (C=O) groups is 3. The number of amides is 4. The van der Waals surface area contributed by atoms with Crippen LogP contribution in [0.1, 0.15) is 40.2 Å². The summed E-state index contributed by atoms with van der Waals surface area (Å²) in [6, 6.07) is 9.22. The third-order valence-corrected chi connectivity index (χ3v) is 5.91. The van der Waals surface area contributed by atoms with E-state index in [4.69, 9.17) is 0 Å². The maximum absolute atomic E-state index is 13.0. The van der Waals surface area contributed by atoms with Gasteiger partial charge in [-0.3, -0.25) is 14.9 Å². The molecule has 1 N–H and O–H groups in total. The number of hydrogen-bond acceptors (Lipinski definition) is 5. The van der Waals surface area contributed by atoms with Crippen molar-refractivity contribution in [2.24, 2.45) is 0 Å². The predicted molar refractivity (Wildman–Crippen MR) is 105 cm³/mol. The van der Waals surface area contributed by atoms with Crippen molar-refractivity contribution in [1.82, 2.24) is 25.1 Å². The fraction of sp³-hybridized carbons (Fsp3) is 0.381. The number of urea groups is 1. The van der Waals surface area contributed by atoms with Crippen LogP contribution in [0.4, 0.5) is 4.79 Å². The fourth-order valence-corrected chi connectivity index (χ4v) is 4.22. The Morgan fingerprint density at radius 1 is 1.07 bits per heavy atom. The fourth-order valence-electron chi connectivity index (χ4n) is 4.22. The molecule has 0 radical (unpaired) electrons. The van der Waals surface area contributed by atoms with E-state index in [0.29, 0.717) is 49.4 Å². The number of hydrogen-bond donors (Lipinski definition) is 1. The number of piperidine rings is 1. The molecule has 1 spiro atoms. The number of imide groups is 1. The first-order valence-electron chi connectivity index (χ1n) is 9.67. The Hall–Kier alpha value is -3.29. The van der Waals surface area contributed by atoms with Gasteiger partial charge in [-0.15, -0.1) is 0 Å². The molecule has 2 aliphatic rings. The van der Waals surface area contributed by atoms with Crippen LogP contribution >= 0.6 is 0 Å². The Morgan fingerprint density at radius 2 is 1.69 bits per heavy atom. The third kappa shape index (κ3) is 3.24. The first kappa shape index (κ1) is 19.0. The molecule has 1 aromatic heterocycles. The highest BCUT2D eigenvalue weighted by atomic mass is 16.2. The summed E-state index contributed by atoms with van der Waals surface area (Å²) in [5.74, 6) is -0.407. The highest BCUT2D eigenvalue weighted by molar-refractivity contribution is 6.07. The normalized spacial score (nSPS) is 18.3. The van der Waals surface area contributed by atoms with E-state index in [1.165, 1.54) is 6.33 Å². The second-order valence-corrected chi connectivity index (χ2v) is 7.57. The highest BCUT2D eigenvalue weighted by Crippen LogP contribution is 2.35. The van der Waals surface area contributed by atoms with Crippen molar-refractivity contribution >= 4 is 17.8 Å². The Balaban J connectivity index is 1.54. The smallest absolute Gasteiger partial charge is 0.325 e. The number of aromatic nitrogens is 2. The van der Waals surface area contributed by atoms with Gasteiger partial charge >= 0.3 is 6.03 Å². The molecule has 1 aromatic carbocycles. The Kier molecular flexibility index (Phi) is 4.77. The molecule has 0 saturated carbocycles. The largest absolute Gasteiger partial charge is 0.338 e. The van der Waals surface area contributed by atoms with Gasteiger partial charge in [-0.05, 0) is 32.3 Å². The van der Waals surface area contributed by atoms with E-state index >= 15 is 0 Å². The van der Waals surface area contributed by atoms with Crippen LogP contribution in [0.15, 0.2) is 36.7 Å². The van der Waals surface area contributed by atoms with Crippen LogP contribution in [0, 0.1) is 13.8 Å². The molecule has 2 saturated heterocycles. The summed E-state index contributed by atoms with van der Waals surface area (Å²) >= 11 is 0. The van der Waals surface area contributed by atoms with Crippen LogP contribution in [0.25, 0.3) is 0 Å². The van der Waals surface area contributed by atoms with Gasteiger partial charge in [-0.25, -0.2) is 14.8 Å². The lowest BCUT2D eigenvalue weighted by Gasteiger charge is -2.42. The van der Waals surface area contributed by atoms with Crippen molar-refractivity contribution < 1.29 is 14.4 Å². The molecule has 8 nitrogen and oxygen atoms in total. The minimum Gasteiger partial charge on any atom is -0.338 e. The van der Waals surface area contributed by atoms with Crippen molar-refractivity contribution in [1.29, 1.82) is 0 Å². The van der Waals surface area contributed by atoms with E-state index in [1.807, 2.05) is 30.3 Å². The zero-order chi connectivity index (χ0) is 20.6. The van der Waals surface area contributed by atoms with Gasteiger partial charge in [-0.2, -0.15) is 0 Å². The molecule has 29 heavy (non-hydrogen) atoms. The van der Waals surface area contributed by atoms with Crippen LogP contribution in [0.5, 0.6) is 0 Å². The van der Waals surface area contributed by atoms with Gasteiger partial charge in [0.2, 0.25) is 0 Å². The number of nitrogens with one attached hydrogen (secondary N) is 1. The van der Waals surface area contributed by atoms with E-state index in [-0.39, 0.29) is 17.8 Å². The molecule has 8 heteroatoms. The van der Waals surface area contributed by atoms with Crippen LogP contribution in [-0.2, 0) is 11.3 Å². The molecule has 0 aliphatic carbocycles. The zero-order valence-corrected chi connectivity index (χ0v) is 16.5. The summed E-state index contributed by atoms with van der Waals surface area (Å²) in [5.41, 5.74) is 1.84. The summed E-state index contributed by atoms with van der Waals surface area (Å²) < 4.78 is 0. The standard InChI is InChI=1S/C21H23N5O3/c1-14-17(15(2)23-13-22-14)18(27)25-10-8-21(9-11-25)19(28)24-20(29)26(21)12-16-6-4-3-5-7-16/h3-7,13H,8-12H2,1-2H3,(H,24,28,29). The van der Waals surface area contributed by atoms with Crippen molar-refractivity contribution in [2.75, 3.05) is 13.1 Å². The summed E-state index contributed by atoms with van der Waals surface area (Å²) in [5, 5.41) is 2.47. The number of carbonyl (C=O) groups excluding carboxylic acids is 3. The maximum atomic E-state index is 13.0. The number of nitrogens with zero attached hydrogens (tertiary/aromatic N) is 4. The molecular weight excluding hydrogens is 370 g/mol. The third-order valence-electron chi connectivity index (χ3n) is 5.91. The Bertz CT molecular complexity index is 947. The van der Waals surface area contributed by atoms with Crippen LogP contribution < -0.4 is 5.32 Å². The van der Waals surface area contributed by atoms with E-state index in [1.54, 1.807) is 23.6 Å². The van der Waals surface area contributed by atoms with Gasteiger partial charge in [0, 0.05) is 19.6 Å². The molecule has 0 bridgehead atoms. The van der Waals surface area contributed by atoms with E-state index in [0.717, 1.165) is 5.56 Å². The first-order valence-corrected chi connectivity index (χ1v) is 9.67. The molecule has 0 atom stereocenters. The van der Waals surface area contributed by atoms with E-state index < -0.39 is 5.54 Å². The molecule has 2 aromatic rings. The molecule has 3 heterocycles. The van der Waals surface area contributed by atoms with Gasteiger partial charge in [0.05, 0.1) is 17.0 Å². The summed E-state index contributed by atoms with van der Waals surface area (Å²) in [6.45, 7) is 4.71. The summed E-state index contributed by atoms with van der Waals surface area (Å²) in [7, 11) is 0. The number of aryl methyl sites for hydroxylation is 2. The summed E-state index contributed by atoms with van der Waals surface area (Å²) in [6.07, 6.45) is 2.24. The monoisotopic (exact) mass is 393 g/mol. The molecule has 4 rings (SSSR count). The minimum atomic E-state index is -0.916. The van der Waals surface area contributed by atoms with Crippen LogP contribution in [0.2, 0.25) is 0 Å². The van der Waals surface area contributed by atoms with Crippen molar-refractivity contribution in [3.63, 3.8) is 0 Å². The van der Waals surface area contributed by atoms with E-state index in [2.05, 4.69) is 15.3 Å². The summed E-state index contributed by atoms with van der Waals surface area (Å²) in [4.78, 5) is 49.8. The Morgan fingerprint density at radius 3 is 2.31 bits per heavy atom. The maximum Gasteiger partial charge on any atom is 0.325 e. The molecule has 150 valence electrons. The lowest BCUT2D eigenvalue weighted by Crippen LogP contribution is -2.57. The van der Waals surface area contributed by atoms with Crippen molar-refractivity contribution in [2.45, 2.75) is 38.8 Å². The molecule has 2 aliphatic heterocycles. The van der Waals surface area contributed by atoms with Gasteiger partial charge in [0.1, 0.15) is 11.9 Å². The molecule has 0 unspecified atom stereocenters. The second-order valence-electron chi connectivity index (χ2n) is 7.57. The van der Waals surface area contributed by atoms with Crippen LogP contribution in [-0.4, -0.2) is 56.2 Å². The van der Waals surface area contributed by atoms with Crippen molar-refractivity contribution in [3.05, 3.63) is 59.2 Å². The quantitative estimate of drug-likeness (QED) is 0.803. The number of likely N-dealkylation sites (tertiary alicyclic amines) is 1. The van der Waals surface area contributed by atoms with Crippen molar-refractivity contribution in [3.8, 4) is 0 Å². The first-order chi connectivity index (χ1) is 13.9. The zero-order valence-electron chi connectivity index (χ0n) is 16.5. The lowest BCUT2D eigenvalue weighted by atomic mass is 9.85. The van der Waals surface area contributed by atoms with Gasteiger partial charge < -0.3 is 9.80 Å². The predicted octanol–water partition coefficient (Wildman–Crippen LogP) is 1.82. The van der Waals surface area contributed by atoms with Crippen LogP contribution in [0.3, 0.4) is 0 Å². The second kappa shape index (κ2) is 7.27. The number of rotatable bonds is 3. The molecule has 2 fully saturated rings. The molecular formula is C21H23N5O3. The average Bonchev–Trinajstić information content (AvgIpc) is 2.93. The lowest BCUT2D eigenvalue weighted by molar-refractivity contribution is -0.129. The van der Waals surface area contributed by atoms with Gasteiger partial charge in [0.15, 0.2) is 0 Å². The Labute approximate surface area is 168 Å². The van der Waals surface area contributed by atoms with E-state index in [9.17, 15) is 14.4 Å². The van der Waals surface area contributed by atoms with Gasteiger partial charge in [0.25, 0.3) is 11.8 Å². The van der Waals surface area contributed by atoms with Gasteiger partial charge in [-0.1, -0.05) is 30.3 Å². The SMILES string of the molecule is Cc1ncnc(C)c1C(=O)N1CCC2(CC1)C(=O)NC(=O)N2Cc1ccccc1. The topological polar surface area (TPSA) is 95.5 Å². The number of benzene rings is 1. The highest BCUT2D eigenvalue weighted by Gasteiger charge is 2.54. The minimum absolute atomic E-state index is 0.130. The average molecular weight is 393 g/mol. The molecule has 4 amide bonds.